The van der Waals surface area contributed by atoms with E-state index in [4.69, 9.17) is 17.3 Å². The van der Waals surface area contributed by atoms with Gasteiger partial charge in [0, 0.05) is 24.5 Å². The number of nitrogens with two attached hydrogens (primary N) is 1. The summed E-state index contributed by atoms with van der Waals surface area (Å²) in [5, 5.41) is 0.711. The van der Waals surface area contributed by atoms with Gasteiger partial charge in [-0.3, -0.25) is 4.79 Å². The van der Waals surface area contributed by atoms with Crippen molar-refractivity contribution in [2.24, 2.45) is 5.73 Å². The van der Waals surface area contributed by atoms with E-state index in [2.05, 4.69) is 18.2 Å². The molecule has 0 radical (unpaired) electrons. The van der Waals surface area contributed by atoms with E-state index in [1.54, 1.807) is 0 Å². The molecule has 0 saturated heterocycles. The maximum absolute atomic E-state index is 12.5. The molecule has 3 nitrogen and oxygen atoms in total. The second-order valence-electron chi connectivity index (χ2n) is 5.60. The zero-order valence-electron chi connectivity index (χ0n) is 12.3. The predicted octanol–water partition coefficient (Wildman–Crippen LogP) is 3.31. The van der Waals surface area contributed by atoms with Gasteiger partial charge in [-0.2, -0.15) is 0 Å². The van der Waals surface area contributed by atoms with Crippen LogP contribution in [0.25, 0.3) is 0 Å². The van der Waals surface area contributed by atoms with Crippen LogP contribution >= 0.6 is 11.6 Å². The van der Waals surface area contributed by atoms with Gasteiger partial charge in [0.1, 0.15) is 0 Å². The maximum atomic E-state index is 12.5. The standard InChI is InChI=1S/C18H19ClN2O/c19-16-7-6-14-11-17(13-4-2-1-3-5-13)21(12-15(14)10-16)18(22)8-9-20/h1-7,10,17H,8-9,11-12,20H2/t17-/m1/s1. The lowest BCUT2D eigenvalue weighted by Gasteiger charge is -2.37. The monoisotopic (exact) mass is 314 g/mol. The smallest absolute Gasteiger partial charge is 0.224 e. The quantitative estimate of drug-likeness (QED) is 0.944. The summed E-state index contributed by atoms with van der Waals surface area (Å²) in [6.07, 6.45) is 1.19. The molecule has 0 aromatic heterocycles. The van der Waals surface area contributed by atoms with Gasteiger partial charge in [-0.05, 0) is 35.2 Å². The third-order valence-electron chi connectivity index (χ3n) is 4.16. The summed E-state index contributed by atoms with van der Waals surface area (Å²) in [6.45, 7) is 0.966. The molecule has 2 aromatic carbocycles. The molecule has 4 heteroatoms. The fraction of sp³-hybridized carbons (Fsp3) is 0.278. The summed E-state index contributed by atoms with van der Waals surface area (Å²) in [7, 11) is 0. The highest BCUT2D eigenvalue weighted by atomic mass is 35.5. The number of amides is 1. The molecule has 2 aromatic rings. The molecule has 0 unspecified atom stereocenters. The molecule has 1 heterocycles. The molecule has 0 bridgehead atoms. The summed E-state index contributed by atoms with van der Waals surface area (Å²) in [5.74, 6) is 0.0991. The highest BCUT2D eigenvalue weighted by molar-refractivity contribution is 6.30. The number of benzene rings is 2. The Hall–Kier alpha value is -1.84. The number of carbonyl (C=O) groups is 1. The van der Waals surface area contributed by atoms with Gasteiger partial charge in [0.2, 0.25) is 5.91 Å². The van der Waals surface area contributed by atoms with Crippen LogP contribution < -0.4 is 5.73 Å². The van der Waals surface area contributed by atoms with Gasteiger partial charge in [-0.15, -0.1) is 0 Å². The Morgan fingerprint density at radius 2 is 1.95 bits per heavy atom. The van der Waals surface area contributed by atoms with E-state index in [1.807, 2.05) is 35.2 Å². The summed E-state index contributed by atoms with van der Waals surface area (Å²) < 4.78 is 0. The van der Waals surface area contributed by atoms with Gasteiger partial charge < -0.3 is 10.6 Å². The molecular weight excluding hydrogens is 296 g/mol. The van der Waals surface area contributed by atoms with Crippen molar-refractivity contribution in [3.63, 3.8) is 0 Å². The first-order valence-corrected chi connectivity index (χ1v) is 7.88. The Morgan fingerprint density at radius 3 is 2.68 bits per heavy atom. The average molecular weight is 315 g/mol. The fourth-order valence-electron chi connectivity index (χ4n) is 3.06. The van der Waals surface area contributed by atoms with Crippen molar-refractivity contribution < 1.29 is 4.79 Å². The molecular formula is C18H19ClN2O. The molecule has 0 aliphatic carbocycles. The van der Waals surface area contributed by atoms with E-state index in [0.717, 1.165) is 17.5 Å². The minimum Gasteiger partial charge on any atom is -0.331 e. The SMILES string of the molecule is NCCC(=O)N1Cc2cc(Cl)ccc2C[C@@H]1c1ccccc1. The van der Waals surface area contributed by atoms with Crippen LogP contribution in [0, 0.1) is 0 Å². The first-order valence-electron chi connectivity index (χ1n) is 7.51. The van der Waals surface area contributed by atoms with E-state index < -0.39 is 0 Å². The highest BCUT2D eigenvalue weighted by Gasteiger charge is 2.30. The molecule has 3 rings (SSSR count). The van der Waals surface area contributed by atoms with Gasteiger partial charge in [0.15, 0.2) is 0 Å². The number of rotatable bonds is 3. The molecule has 1 atom stereocenters. The van der Waals surface area contributed by atoms with Crippen molar-refractivity contribution in [3.8, 4) is 0 Å². The summed E-state index contributed by atoms with van der Waals surface area (Å²) in [6, 6.07) is 16.2. The lowest BCUT2D eigenvalue weighted by molar-refractivity contribution is -0.134. The summed E-state index contributed by atoms with van der Waals surface area (Å²) >= 11 is 6.10. The minimum atomic E-state index is 0.0638. The van der Waals surface area contributed by atoms with Gasteiger partial charge in [-0.1, -0.05) is 48.0 Å². The van der Waals surface area contributed by atoms with Crippen LogP contribution in [0.15, 0.2) is 48.5 Å². The van der Waals surface area contributed by atoms with Gasteiger partial charge in [0.25, 0.3) is 0 Å². The third-order valence-corrected chi connectivity index (χ3v) is 4.40. The molecule has 0 saturated carbocycles. The first-order chi connectivity index (χ1) is 10.7. The van der Waals surface area contributed by atoms with E-state index >= 15 is 0 Å². The number of nitrogens with zero attached hydrogens (tertiary/aromatic N) is 1. The molecule has 1 aliphatic rings. The van der Waals surface area contributed by atoms with Crippen LogP contribution in [0.3, 0.4) is 0 Å². The first kappa shape index (κ1) is 15.1. The minimum absolute atomic E-state index is 0.0638. The Balaban J connectivity index is 1.98. The maximum Gasteiger partial charge on any atom is 0.224 e. The van der Waals surface area contributed by atoms with Gasteiger partial charge in [-0.25, -0.2) is 0 Å². The zero-order valence-corrected chi connectivity index (χ0v) is 13.1. The fourth-order valence-corrected chi connectivity index (χ4v) is 3.25. The van der Waals surface area contributed by atoms with E-state index in [9.17, 15) is 4.79 Å². The van der Waals surface area contributed by atoms with Crippen molar-refractivity contribution in [3.05, 3.63) is 70.2 Å². The normalized spacial score (nSPS) is 17.2. The Kier molecular flexibility index (Phi) is 4.46. The van der Waals surface area contributed by atoms with Gasteiger partial charge >= 0.3 is 0 Å². The molecule has 1 aliphatic heterocycles. The lowest BCUT2D eigenvalue weighted by Crippen LogP contribution is -2.39. The average Bonchev–Trinajstić information content (AvgIpc) is 2.54. The van der Waals surface area contributed by atoms with Crippen molar-refractivity contribution in [2.45, 2.75) is 25.4 Å². The Bertz CT molecular complexity index is 672. The largest absolute Gasteiger partial charge is 0.331 e. The van der Waals surface area contributed by atoms with Crippen molar-refractivity contribution in [1.29, 1.82) is 0 Å². The van der Waals surface area contributed by atoms with Crippen LogP contribution in [0.4, 0.5) is 0 Å². The van der Waals surface area contributed by atoms with Crippen LogP contribution in [-0.4, -0.2) is 17.4 Å². The zero-order chi connectivity index (χ0) is 15.5. The van der Waals surface area contributed by atoms with E-state index in [1.165, 1.54) is 5.56 Å². The predicted molar refractivity (Wildman–Crippen MR) is 88.6 cm³/mol. The molecule has 2 N–H and O–H groups in total. The van der Waals surface area contributed by atoms with Crippen LogP contribution in [0.2, 0.25) is 5.02 Å². The number of halogens is 1. The molecule has 0 fully saturated rings. The summed E-state index contributed by atoms with van der Waals surface area (Å²) in [4.78, 5) is 14.4. The van der Waals surface area contributed by atoms with Gasteiger partial charge in [0.05, 0.1) is 6.04 Å². The topological polar surface area (TPSA) is 46.3 Å². The molecule has 1 amide bonds. The second-order valence-corrected chi connectivity index (χ2v) is 6.04. The van der Waals surface area contributed by atoms with Crippen molar-refractivity contribution >= 4 is 17.5 Å². The molecule has 22 heavy (non-hydrogen) atoms. The second kappa shape index (κ2) is 6.51. The molecule has 114 valence electrons. The number of carbonyl (C=O) groups excluding carboxylic acids is 1. The third kappa shape index (κ3) is 3.01. The highest BCUT2D eigenvalue weighted by Crippen LogP contribution is 2.34. The van der Waals surface area contributed by atoms with E-state index in [-0.39, 0.29) is 11.9 Å². The van der Waals surface area contributed by atoms with Crippen LogP contribution in [-0.2, 0) is 17.8 Å². The Labute approximate surface area is 135 Å². The number of hydrogen-bond donors (Lipinski definition) is 1. The Morgan fingerprint density at radius 1 is 1.18 bits per heavy atom. The lowest BCUT2D eigenvalue weighted by atomic mass is 9.89. The van der Waals surface area contributed by atoms with E-state index in [0.29, 0.717) is 24.5 Å². The number of fused-ring (bicyclic) bond motifs is 1. The van der Waals surface area contributed by atoms with Crippen molar-refractivity contribution in [1.82, 2.24) is 4.90 Å². The number of hydrogen-bond acceptors (Lipinski definition) is 2. The molecule has 0 spiro atoms. The van der Waals surface area contributed by atoms with Crippen molar-refractivity contribution in [2.75, 3.05) is 6.54 Å². The van der Waals surface area contributed by atoms with Crippen LogP contribution in [0.5, 0.6) is 0 Å². The summed E-state index contributed by atoms with van der Waals surface area (Å²) in [5.41, 5.74) is 9.12. The van der Waals surface area contributed by atoms with Crippen LogP contribution in [0.1, 0.15) is 29.2 Å².